The summed E-state index contributed by atoms with van der Waals surface area (Å²) in [6.45, 7) is 2.98. The summed E-state index contributed by atoms with van der Waals surface area (Å²) in [5.41, 5.74) is 7.79. The Hall–Kier alpha value is -1.01. The van der Waals surface area contributed by atoms with Crippen LogP contribution in [-0.2, 0) is 4.74 Å². The highest BCUT2D eigenvalue weighted by Gasteiger charge is 2.18. The number of nitrogens with one attached hydrogen (secondary N) is 1. The Morgan fingerprint density at radius 2 is 2.35 bits per heavy atom. The molecule has 0 saturated carbocycles. The number of thioether (sulfide) groups is 2. The van der Waals surface area contributed by atoms with Gasteiger partial charge in [-0.05, 0) is 19.1 Å². The zero-order valence-electron chi connectivity index (χ0n) is 11.6. The molecule has 0 spiro atoms. The number of nitrogen functional groups attached to an aromatic ring is 1. The summed E-state index contributed by atoms with van der Waals surface area (Å²) in [7, 11) is 0. The van der Waals surface area contributed by atoms with E-state index in [1.54, 1.807) is 25.1 Å². The van der Waals surface area contributed by atoms with Crippen LogP contribution in [0.25, 0.3) is 0 Å². The third kappa shape index (κ3) is 3.99. The molecule has 0 aliphatic carbocycles. The zero-order chi connectivity index (χ0) is 14.4. The van der Waals surface area contributed by atoms with Crippen molar-refractivity contribution in [1.29, 1.82) is 0 Å². The minimum Gasteiger partial charge on any atom is -0.462 e. The van der Waals surface area contributed by atoms with Crippen molar-refractivity contribution in [3.8, 4) is 0 Å². The Morgan fingerprint density at radius 1 is 1.50 bits per heavy atom. The van der Waals surface area contributed by atoms with Crippen LogP contribution in [0.1, 0.15) is 17.3 Å². The molecule has 3 N–H and O–H groups in total. The van der Waals surface area contributed by atoms with Crippen LogP contribution < -0.4 is 11.1 Å². The Balaban J connectivity index is 2.06. The van der Waals surface area contributed by atoms with Gasteiger partial charge in [0.1, 0.15) is 0 Å². The molecule has 1 unspecified atom stereocenters. The summed E-state index contributed by atoms with van der Waals surface area (Å²) < 4.78 is 5.07. The minimum absolute atomic E-state index is 0.326. The maximum atomic E-state index is 11.9. The van der Waals surface area contributed by atoms with Gasteiger partial charge in [0.2, 0.25) is 0 Å². The molecule has 1 saturated heterocycles. The molecule has 110 valence electrons. The summed E-state index contributed by atoms with van der Waals surface area (Å²) in [4.78, 5) is 11.9. The van der Waals surface area contributed by atoms with Crippen LogP contribution in [0.5, 0.6) is 0 Å². The molecule has 0 aromatic heterocycles. The lowest BCUT2D eigenvalue weighted by atomic mass is 10.1. The monoisotopic (exact) mass is 312 g/mol. The van der Waals surface area contributed by atoms with Gasteiger partial charge in [-0.2, -0.15) is 23.5 Å². The first kappa shape index (κ1) is 15.4. The highest BCUT2D eigenvalue weighted by atomic mass is 32.2. The van der Waals surface area contributed by atoms with Crippen molar-refractivity contribution in [2.45, 2.75) is 12.2 Å². The molecule has 1 atom stereocenters. The number of benzene rings is 1. The smallest absolute Gasteiger partial charge is 0.340 e. The van der Waals surface area contributed by atoms with E-state index in [0.29, 0.717) is 28.8 Å². The molecular formula is C14H20N2O2S2. The van der Waals surface area contributed by atoms with E-state index in [1.807, 2.05) is 23.5 Å². The van der Waals surface area contributed by atoms with Gasteiger partial charge in [-0.1, -0.05) is 6.07 Å². The Bertz CT molecular complexity index is 462. The molecule has 0 amide bonds. The van der Waals surface area contributed by atoms with Gasteiger partial charge in [0.05, 0.1) is 23.5 Å². The second-order valence-corrected chi connectivity index (χ2v) is 7.00. The maximum absolute atomic E-state index is 11.9. The van der Waals surface area contributed by atoms with Crippen molar-refractivity contribution in [3.63, 3.8) is 0 Å². The van der Waals surface area contributed by atoms with Gasteiger partial charge in [-0.15, -0.1) is 0 Å². The van der Waals surface area contributed by atoms with E-state index in [4.69, 9.17) is 10.5 Å². The predicted octanol–water partition coefficient (Wildman–Crippen LogP) is 2.71. The van der Waals surface area contributed by atoms with Crippen LogP contribution in [0.3, 0.4) is 0 Å². The summed E-state index contributed by atoms with van der Waals surface area (Å²) in [6.07, 6.45) is 0. The first-order valence-corrected chi connectivity index (χ1v) is 8.91. The molecule has 4 nitrogen and oxygen atoms in total. The number of carbonyl (C=O) groups is 1. The molecule has 0 bridgehead atoms. The maximum Gasteiger partial charge on any atom is 0.340 e. The number of nitrogens with two attached hydrogens (primary N) is 1. The Morgan fingerprint density at radius 3 is 3.05 bits per heavy atom. The zero-order valence-corrected chi connectivity index (χ0v) is 13.2. The van der Waals surface area contributed by atoms with Crippen LogP contribution in [-0.4, -0.2) is 41.6 Å². The van der Waals surface area contributed by atoms with Gasteiger partial charge in [0.15, 0.2) is 0 Å². The molecule has 1 aliphatic heterocycles. The summed E-state index contributed by atoms with van der Waals surface area (Å²) >= 11 is 3.95. The quantitative estimate of drug-likeness (QED) is 0.644. The summed E-state index contributed by atoms with van der Waals surface area (Å²) in [6, 6.07) is 5.32. The normalized spacial score (nSPS) is 18.6. The average Bonchev–Trinajstić information content (AvgIpc) is 2.47. The van der Waals surface area contributed by atoms with E-state index in [2.05, 4.69) is 5.32 Å². The molecule has 1 fully saturated rings. The molecule has 2 rings (SSSR count). The number of carbonyl (C=O) groups excluding carboxylic acids is 1. The third-order valence-electron chi connectivity index (χ3n) is 2.98. The number of rotatable bonds is 5. The first-order chi connectivity index (χ1) is 9.72. The standard InChI is InChI=1S/C14H20N2O2S2/c1-2-18-14(17)11-4-3-5-12(15)13(11)16-8-10-9-19-6-7-20-10/h3-5,10,16H,2,6-9,15H2,1H3. The predicted molar refractivity (Wildman–Crippen MR) is 88.9 cm³/mol. The Labute approximate surface area is 128 Å². The van der Waals surface area contributed by atoms with E-state index in [1.165, 1.54) is 11.5 Å². The highest BCUT2D eigenvalue weighted by Crippen LogP contribution is 2.27. The first-order valence-electron chi connectivity index (χ1n) is 6.71. The molecule has 20 heavy (non-hydrogen) atoms. The highest BCUT2D eigenvalue weighted by molar-refractivity contribution is 8.06. The molecule has 0 radical (unpaired) electrons. The molecule has 1 heterocycles. The fourth-order valence-corrected chi connectivity index (χ4v) is 4.63. The van der Waals surface area contributed by atoms with Crippen molar-refractivity contribution in [3.05, 3.63) is 23.8 Å². The molecular weight excluding hydrogens is 292 g/mol. The fourth-order valence-electron chi connectivity index (χ4n) is 2.02. The van der Waals surface area contributed by atoms with E-state index in [-0.39, 0.29) is 5.97 Å². The molecule has 6 heteroatoms. The van der Waals surface area contributed by atoms with Gasteiger partial charge in [-0.3, -0.25) is 0 Å². The van der Waals surface area contributed by atoms with Gasteiger partial charge in [0.25, 0.3) is 0 Å². The largest absolute Gasteiger partial charge is 0.462 e. The van der Waals surface area contributed by atoms with Crippen molar-refractivity contribution in [1.82, 2.24) is 0 Å². The number of para-hydroxylation sites is 1. The molecule has 1 aromatic rings. The third-order valence-corrected chi connectivity index (χ3v) is 5.83. The van der Waals surface area contributed by atoms with Gasteiger partial charge < -0.3 is 15.8 Å². The lowest BCUT2D eigenvalue weighted by molar-refractivity contribution is 0.0527. The van der Waals surface area contributed by atoms with Crippen LogP contribution in [0, 0.1) is 0 Å². The van der Waals surface area contributed by atoms with Crippen LogP contribution >= 0.6 is 23.5 Å². The number of hydrogen-bond donors (Lipinski definition) is 2. The number of esters is 1. The average molecular weight is 312 g/mol. The second-order valence-electron chi connectivity index (χ2n) is 4.44. The van der Waals surface area contributed by atoms with E-state index >= 15 is 0 Å². The van der Waals surface area contributed by atoms with Crippen molar-refractivity contribution in [2.75, 3.05) is 41.5 Å². The van der Waals surface area contributed by atoms with E-state index in [9.17, 15) is 4.79 Å². The van der Waals surface area contributed by atoms with Crippen molar-refractivity contribution < 1.29 is 9.53 Å². The lowest BCUT2D eigenvalue weighted by Gasteiger charge is -2.22. The Kier molecular flexibility index (Phi) is 5.91. The topological polar surface area (TPSA) is 64.3 Å². The van der Waals surface area contributed by atoms with Gasteiger partial charge in [-0.25, -0.2) is 4.79 Å². The van der Waals surface area contributed by atoms with Crippen LogP contribution in [0.15, 0.2) is 18.2 Å². The molecule has 1 aliphatic rings. The fraction of sp³-hybridized carbons (Fsp3) is 0.500. The van der Waals surface area contributed by atoms with Gasteiger partial charge >= 0.3 is 5.97 Å². The second kappa shape index (κ2) is 7.69. The van der Waals surface area contributed by atoms with E-state index < -0.39 is 0 Å². The van der Waals surface area contributed by atoms with Crippen LogP contribution in [0.4, 0.5) is 11.4 Å². The SMILES string of the molecule is CCOC(=O)c1cccc(N)c1NCC1CSCCS1. The molecule has 1 aromatic carbocycles. The summed E-state index contributed by atoms with van der Waals surface area (Å²) in [5, 5.41) is 3.89. The van der Waals surface area contributed by atoms with Crippen LogP contribution in [0.2, 0.25) is 0 Å². The minimum atomic E-state index is -0.326. The van der Waals surface area contributed by atoms with Gasteiger partial charge in [0, 0.05) is 29.1 Å². The lowest BCUT2D eigenvalue weighted by Crippen LogP contribution is -2.24. The van der Waals surface area contributed by atoms with Crippen molar-refractivity contribution >= 4 is 40.9 Å². The number of hydrogen-bond acceptors (Lipinski definition) is 6. The number of ether oxygens (including phenoxy) is 1. The van der Waals surface area contributed by atoms with Crippen molar-refractivity contribution in [2.24, 2.45) is 0 Å². The van der Waals surface area contributed by atoms with E-state index in [0.717, 1.165) is 12.3 Å². The summed E-state index contributed by atoms with van der Waals surface area (Å²) in [5.74, 6) is 3.22. The number of anilines is 2.